The van der Waals surface area contributed by atoms with Crippen LogP contribution in [0, 0.1) is 0 Å². The van der Waals surface area contributed by atoms with Crippen molar-refractivity contribution in [2.75, 3.05) is 13.2 Å². The summed E-state index contributed by atoms with van der Waals surface area (Å²) in [7, 11) is 0. The summed E-state index contributed by atoms with van der Waals surface area (Å²) in [5, 5.41) is 0. The summed E-state index contributed by atoms with van der Waals surface area (Å²) >= 11 is 0. The largest absolute Gasteiger partial charge is 0.462 e. The van der Waals surface area contributed by atoms with E-state index in [9.17, 15) is 14.4 Å². The van der Waals surface area contributed by atoms with E-state index in [0.717, 1.165) is 116 Å². The summed E-state index contributed by atoms with van der Waals surface area (Å²) in [4.78, 5) is 37.9. The molecule has 6 heteroatoms. The van der Waals surface area contributed by atoms with Gasteiger partial charge in [-0.1, -0.05) is 201 Å². The van der Waals surface area contributed by atoms with E-state index in [2.05, 4.69) is 118 Å². The Morgan fingerprint density at radius 3 is 1.02 bits per heavy atom. The van der Waals surface area contributed by atoms with Crippen molar-refractivity contribution >= 4 is 17.9 Å². The summed E-state index contributed by atoms with van der Waals surface area (Å²) in [6.45, 7) is 6.34. The molecule has 1 atom stereocenters. The van der Waals surface area contributed by atoms with E-state index in [-0.39, 0.29) is 37.5 Å². The van der Waals surface area contributed by atoms with Crippen molar-refractivity contribution < 1.29 is 28.6 Å². The standard InChI is InChI=1S/C56H92O6/c1-4-7-10-13-16-19-22-25-27-28-30-31-34-37-40-43-46-49-55(58)61-52-53(51-60-54(57)48-45-42-39-36-33-24-21-18-15-12-9-6-3)62-56(59)50-47-44-41-38-35-32-29-26-23-20-17-14-11-8-5-2/h7-8,10-11,16-17,19-20,25-27,29-31,35,38,53H,4-6,9,12-15,18,21-24,28,32-34,36-37,39-52H2,1-3H3/b10-7-,11-8-,19-16-,20-17-,27-25-,29-26-,31-30-,38-35-/t53-/m0/s1. The molecule has 6 nitrogen and oxygen atoms in total. The average Bonchev–Trinajstić information content (AvgIpc) is 3.27. The third-order valence-electron chi connectivity index (χ3n) is 10.3. The Balaban J connectivity index is 4.50. The fourth-order valence-electron chi connectivity index (χ4n) is 6.60. The number of unbranched alkanes of at least 4 members (excludes halogenated alkanes) is 17. The van der Waals surface area contributed by atoms with Gasteiger partial charge in [0.1, 0.15) is 13.2 Å². The first-order valence-electron chi connectivity index (χ1n) is 25.2. The van der Waals surface area contributed by atoms with Gasteiger partial charge in [0.25, 0.3) is 0 Å². The number of allylic oxidation sites excluding steroid dienone is 16. The lowest BCUT2D eigenvalue weighted by Gasteiger charge is -2.18. The monoisotopic (exact) mass is 861 g/mol. The van der Waals surface area contributed by atoms with E-state index in [4.69, 9.17) is 14.2 Å². The molecule has 0 N–H and O–H groups in total. The second kappa shape index (κ2) is 50.0. The number of ether oxygens (including phenoxy) is 3. The Bertz CT molecular complexity index is 1260. The molecule has 0 radical (unpaired) electrons. The lowest BCUT2D eigenvalue weighted by Crippen LogP contribution is -2.30. The van der Waals surface area contributed by atoms with E-state index in [0.29, 0.717) is 19.3 Å². The second-order valence-electron chi connectivity index (χ2n) is 16.3. The first-order valence-corrected chi connectivity index (χ1v) is 25.2. The molecule has 0 unspecified atom stereocenters. The fraction of sp³-hybridized carbons (Fsp3) is 0.661. The molecule has 0 aliphatic rings. The first kappa shape index (κ1) is 58.3. The number of esters is 3. The van der Waals surface area contributed by atoms with Crippen molar-refractivity contribution in [2.24, 2.45) is 0 Å². The molecule has 0 aromatic carbocycles. The van der Waals surface area contributed by atoms with Gasteiger partial charge in [-0.25, -0.2) is 0 Å². The van der Waals surface area contributed by atoms with Gasteiger partial charge in [-0.3, -0.25) is 14.4 Å². The maximum atomic E-state index is 12.8. The van der Waals surface area contributed by atoms with E-state index in [1.54, 1.807) is 0 Å². The molecule has 0 aliphatic heterocycles. The van der Waals surface area contributed by atoms with Crippen molar-refractivity contribution in [3.63, 3.8) is 0 Å². The average molecular weight is 861 g/mol. The molecule has 0 bridgehead atoms. The molecule has 0 aromatic heterocycles. The van der Waals surface area contributed by atoms with Gasteiger partial charge in [-0.15, -0.1) is 0 Å². The Hall–Kier alpha value is -3.67. The summed E-state index contributed by atoms with van der Waals surface area (Å²) in [5.74, 6) is -0.972. The molecule has 0 fully saturated rings. The second-order valence-corrected chi connectivity index (χ2v) is 16.3. The molecular formula is C56H92O6. The van der Waals surface area contributed by atoms with Crippen molar-refractivity contribution in [2.45, 2.75) is 226 Å². The van der Waals surface area contributed by atoms with Crippen LogP contribution in [0.25, 0.3) is 0 Å². The maximum absolute atomic E-state index is 12.8. The number of rotatable bonds is 44. The molecule has 0 saturated heterocycles. The molecule has 352 valence electrons. The van der Waals surface area contributed by atoms with Crippen LogP contribution in [0.3, 0.4) is 0 Å². The van der Waals surface area contributed by atoms with Crippen molar-refractivity contribution in [3.05, 3.63) is 97.2 Å². The Morgan fingerprint density at radius 2 is 0.629 bits per heavy atom. The minimum Gasteiger partial charge on any atom is -0.462 e. The highest BCUT2D eigenvalue weighted by molar-refractivity contribution is 5.71. The van der Waals surface area contributed by atoms with Gasteiger partial charge in [0.15, 0.2) is 6.10 Å². The van der Waals surface area contributed by atoms with E-state index in [1.807, 2.05) is 0 Å². The number of hydrogen-bond donors (Lipinski definition) is 0. The van der Waals surface area contributed by atoms with E-state index in [1.165, 1.54) is 57.8 Å². The zero-order valence-electron chi connectivity index (χ0n) is 40.1. The van der Waals surface area contributed by atoms with Gasteiger partial charge in [-0.05, 0) is 96.3 Å². The molecule has 0 spiro atoms. The van der Waals surface area contributed by atoms with Gasteiger partial charge >= 0.3 is 17.9 Å². The molecule has 0 saturated carbocycles. The van der Waals surface area contributed by atoms with Crippen molar-refractivity contribution in [3.8, 4) is 0 Å². The number of carbonyl (C=O) groups excluding carboxylic acids is 3. The number of carbonyl (C=O) groups is 3. The molecular weight excluding hydrogens is 769 g/mol. The van der Waals surface area contributed by atoms with Crippen LogP contribution in [0.5, 0.6) is 0 Å². The summed E-state index contributed by atoms with van der Waals surface area (Å²) < 4.78 is 16.7. The zero-order valence-corrected chi connectivity index (χ0v) is 40.1. The minimum atomic E-state index is -0.808. The lowest BCUT2D eigenvalue weighted by molar-refractivity contribution is -0.167. The van der Waals surface area contributed by atoms with Gasteiger partial charge in [0.2, 0.25) is 0 Å². The van der Waals surface area contributed by atoms with Crippen molar-refractivity contribution in [1.82, 2.24) is 0 Å². The lowest BCUT2D eigenvalue weighted by atomic mass is 10.0. The quantitative estimate of drug-likeness (QED) is 0.0263. The summed E-state index contributed by atoms with van der Waals surface area (Å²) in [6, 6.07) is 0. The third kappa shape index (κ3) is 47.4. The van der Waals surface area contributed by atoms with Gasteiger partial charge in [0, 0.05) is 19.3 Å². The SMILES string of the molecule is CC/C=C\C/C=C\C/C=C\C/C=C\CCCCCCC(=O)OC[C@H](COC(=O)CCCCCCCCCCCCCC)OC(=O)CCCC/C=C\C/C=C\C/C=C\C/C=C\CC. The van der Waals surface area contributed by atoms with E-state index >= 15 is 0 Å². The highest BCUT2D eigenvalue weighted by atomic mass is 16.6. The Labute approximate surface area is 381 Å². The molecule has 0 aliphatic carbocycles. The van der Waals surface area contributed by atoms with E-state index < -0.39 is 6.10 Å². The van der Waals surface area contributed by atoms with Gasteiger partial charge < -0.3 is 14.2 Å². The fourth-order valence-corrected chi connectivity index (χ4v) is 6.60. The van der Waals surface area contributed by atoms with Crippen LogP contribution < -0.4 is 0 Å². The predicted molar refractivity (Wildman–Crippen MR) is 265 cm³/mol. The van der Waals surface area contributed by atoms with Crippen LogP contribution >= 0.6 is 0 Å². The van der Waals surface area contributed by atoms with Crippen molar-refractivity contribution in [1.29, 1.82) is 0 Å². The molecule has 0 rings (SSSR count). The van der Waals surface area contributed by atoms with Crippen LogP contribution in [0.1, 0.15) is 220 Å². The molecule has 0 aromatic rings. The topological polar surface area (TPSA) is 78.9 Å². The Morgan fingerprint density at radius 1 is 0.339 bits per heavy atom. The van der Waals surface area contributed by atoms with Crippen LogP contribution in [-0.4, -0.2) is 37.2 Å². The zero-order chi connectivity index (χ0) is 45.1. The molecule has 0 heterocycles. The molecule has 62 heavy (non-hydrogen) atoms. The number of hydrogen-bond acceptors (Lipinski definition) is 6. The maximum Gasteiger partial charge on any atom is 0.306 e. The van der Waals surface area contributed by atoms with Crippen LogP contribution in [0.2, 0.25) is 0 Å². The summed E-state index contributed by atoms with van der Waals surface area (Å²) in [5.41, 5.74) is 0. The van der Waals surface area contributed by atoms with Gasteiger partial charge in [-0.2, -0.15) is 0 Å². The highest BCUT2D eigenvalue weighted by Gasteiger charge is 2.19. The normalized spacial score (nSPS) is 12.9. The van der Waals surface area contributed by atoms with Crippen LogP contribution in [-0.2, 0) is 28.6 Å². The van der Waals surface area contributed by atoms with Gasteiger partial charge in [0.05, 0.1) is 0 Å². The predicted octanol–water partition coefficient (Wildman–Crippen LogP) is 16.6. The summed E-state index contributed by atoms with van der Waals surface area (Å²) in [6.07, 6.45) is 65.3. The van der Waals surface area contributed by atoms with Crippen LogP contribution in [0.4, 0.5) is 0 Å². The minimum absolute atomic E-state index is 0.102. The van der Waals surface area contributed by atoms with Crippen LogP contribution in [0.15, 0.2) is 97.2 Å². The first-order chi connectivity index (χ1) is 30.5. The Kier molecular flexibility index (Phi) is 47.0. The third-order valence-corrected chi connectivity index (χ3v) is 10.3. The smallest absolute Gasteiger partial charge is 0.306 e. The highest BCUT2D eigenvalue weighted by Crippen LogP contribution is 2.14. The molecule has 0 amide bonds.